The van der Waals surface area contributed by atoms with Crippen molar-refractivity contribution >= 4 is 23.3 Å². The number of hydrazine groups is 1. The van der Waals surface area contributed by atoms with Gasteiger partial charge in [0.2, 0.25) is 0 Å². The van der Waals surface area contributed by atoms with Crippen LogP contribution in [0.2, 0.25) is 5.15 Å². The molecule has 106 valence electrons. The number of hydrogen-bond acceptors (Lipinski definition) is 5. The van der Waals surface area contributed by atoms with Crippen LogP contribution in [0.3, 0.4) is 0 Å². The molecule has 0 saturated heterocycles. The topological polar surface area (TPSA) is 83.3 Å². The highest BCUT2D eigenvalue weighted by molar-refractivity contribution is 6.29. The number of carbonyl (C=O) groups is 1. The van der Waals surface area contributed by atoms with Crippen LogP contribution in [0.25, 0.3) is 0 Å². The third-order valence-electron chi connectivity index (χ3n) is 2.81. The quantitative estimate of drug-likeness (QED) is 0.397. The molecule has 4 N–H and O–H groups in total. The van der Waals surface area contributed by atoms with Gasteiger partial charge in [0.25, 0.3) is 5.91 Å². The Morgan fingerprint density at radius 3 is 2.68 bits per heavy atom. The molecular formula is C12H20ClN5O. The molecule has 0 radical (unpaired) electrons. The molecule has 1 amide bonds. The van der Waals surface area contributed by atoms with Crippen LogP contribution < -0.4 is 16.6 Å². The average Bonchev–Trinajstić information content (AvgIpc) is 2.42. The van der Waals surface area contributed by atoms with E-state index in [0.29, 0.717) is 17.9 Å². The van der Waals surface area contributed by atoms with Gasteiger partial charge in [-0.3, -0.25) is 4.79 Å². The van der Waals surface area contributed by atoms with Gasteiger partial charge < -0.3 is 15.6 Å². The molecule has 0 aliphatic heterocycles. The largest absolute Gasteiger partial charge is 0.351 e. The number of nitrogens with one attached hydrogen (secondary N) is 2. The summed E-state index contributed by atoms with van der Waals surface area (Å²) in [4.78, 5) is 18.1. The van der Waals surface area contributed by atoms with E-state index < -0.39 is 0 Å². The van der Waals surface area contributed by atoms with Crippen molar-refractivity contribution in [3.63, 3.8) is 0 Å². The molecule has 7 heteroatoms. The number of nitrogens with zero attached hydrogens (tertiary/aromatic N) is 2. The Hall–Kier alpha value is -1.37. The molecule has 0 atom stereocenters. The molecule has 0 saturated carbocycles. The first-order chi connectivity index (χ1) is 9.10. The molecule has 1 aromatic rings. The van der Waals surface area contributed by atoms with Gasteiger partial charge in [-0.2, -0.15) is 0 Å². The minimum Gasteiger partial charge on any atom is -0.351 e. The fourth-order valence-corrected chi connectivity index (χ4v) is 1.88. The van der Waals surface area contributed by atoms with Gasteiger partial charge in [0, 0.05) is 18.7 Å². The molecule has 6 nitrogen and oxygen atoms in total. The molecule has 0 spiro atoms. The van der Waals surface area contributed by atoms with Crippen molar-refractivity contribution in [1.29, 1.82) is 0 Å². The van der Waals surface area contributed by atoms with E-state index in [0.717, 1.165) is 19.6 Å². The summed E-state index contributed by atoms with van der Waals surface area (Å²) in [6, 6.07) is 3.06. The second kappa shape index (κ2) is 7.93. The maximum absolute atomic E-state index is 11.9. The molecule has 0 bridgehead atoms. The summed E-state index contributed by atoms with van der Waals surface area (Å²) in [6.45, 7) is 7.52. The van der Waals surface area contributed by atoms with Crippen LogP contribution in [0.4, 0.5) is 5.82 Å². The van der Waals surface area contributed by atoms with Gasteiger partial charge in [0.05, 0.1) is 0 Å². The lowest BCUT2D eigenvalue weighted by Crippen LogP contribution is -2.34. The van der Waals surface area contributed by atoms with E-state index in [-0.39, 0.29) is 11.1 Å². The molecule has 19 heavy (non-hydrogen) atoms. The van der Waals surface area contributed by atoms with Gasteiger partial charge in [-0.1, -0.05) is 25.4 Å². The van der Waals surface area contributed by atoms with Gasteiger partial charge in [0.15, 0.2) is 0 Å². The minimum atomic E-state index is -0.187. The summed E-state index contributed by atoms with van der Waals surface area (Å²) in [5.41, 5.74) is 2.81. The number of hydrogen-bond donors (Lipinski definition) is 3. The summed E-state index contributed by atoms with van der Waals surface area (Å²) in [5.74, 6) is 5.43. The third kappa shape index (κ3) is 5.02. The zero-order valence-electron chi connectivity index (χ0n) is 11.2. The van der Waals surface area contributed by atoms with Crippen molar-refractivity contribution in [2.75, 3.05) is 31.6 Å². The number of nitrogen functional groups attached to an aromatic ring is 1. The van der Waals surface area contributed by atoms with E-state index in [4.69, 9.17) is 17.4 Å². The van der Waals surface area contributed by atoms with Gasteiger partial charge in [-0.25, -0.2) is 10.8 Å². The monoisotopic (exact) mass is 285 g/mol. The molecule has 1 rings (SSSR count). The fraction of sp³-hybridized carbons (Fsp3) is 0.500. The highest BCUT2D eigenvalue weighted by Crippen LogP contribution is 2.13. The van der Waals surface area contributed by atoms with Crippen molar-refractivity contribution in [1.82, 2.24) is 15.2 Å². The average molecular weight is 286 g/mol. The lowest BCUT2D eigenvalue weighted by Gasteiger charge is -2.18. The molecule has 0 unspecified atom stereocenters. The van der Waals surface area contributed by atoms with Crippen LogP contribution in [0, 0.1) is 0 Å². The number of pyridine rings is 1. The van der Waals surface area contributed by atoms with Crippen LogP contribution in [0.1, 0.15) is 24.2 Å². The molecule has 0 aliphatic rings. The fourth-order valence-electron chi connectivity index (χ4n) is 1.67. The van der Waals surface area contributed by atoms with Crippen molar-refractivity contribution < 1.29 is 4.79 Å². The predicted molar refractivity (Wildman–Crippen MR) is 77.2 cm³/mol. The van der Waals surface area contributed by atoms with E-state index in [1.807, 2.05) is 0 Å². The highest BCUT2D eigenvalue weighted by atomic mass is 35.5. The van der Waals surface area contributed by atoms with Crippen molar-refractivity contribution in [3.8, 4) is 0 Å². The number of nitrogens with two attached hydrogens (primary N) is 1. The predicted octanol–water partition coefficient (Wildman–Crippen LogP) is 1.09. The van der Waals surface area contributed by atoms with Crippen molar-refractivity contribution in [2.45, 2.75) is 13.8 Å². The Labute approximate surface area is 118 Å². The van der Waals surface area contributed by atoms with Crippen LogP contribution in [-0.4, -0.2) is 42.0 Å². The molecule has 1 aromatic heterocycles. The molecule has 0 aliphatic carbocycles. The smallest absolute Gasteiger partial charge is 0.251 e. The molecule has 0 fully saturated rings. The third-order valence-corrected chi connectivity index (χ3v) is 3.01. The van der Waals surface area contributed by atoms with E-state index >= 15 is 0 Å². The molecule has 1 heterocycles. The zero-order chi connectivity index (χ0) is 14.3. The Bertz CT molecular complexity index is 423. The van der Waals surface area contributed by atoms with Crippen molar-refractivity contribution in [2.24, 2.45) is 5.84 Å². The normalized spacial score (nSPS) is 10.6. The lowest BCUT2D eigenvalue weighted by molar-refractivity contribution is 0.0949. The van der Waals surface area contributed by atoms with Crippen LogP contribution in [0.5, 0.6) is 0 Å². The van der Waals surface area contributed by atoms with Gasteiger partial charge >= 0.3 is 0 Å². The number of likely N-dealkylation sites (N-methyl/N-ethyl adjacent to an activating group) is 1. The number of anilines is 1. The van der Waals surface area contributed by atoms with E-state index in [9.17, 15) is 4.79 Å². The zero-order valence-corrected chi connectivity index (χ0v) is 12.0. The number of rotatable bonds is 7. The number of carbonyl (C=O) groups excluding carboxylic acids is 1. The minimum absolute atomic E-state index is 0.187. The summed E-state index contributed by atoms with van der Waals surface area (Å²) in [6.07, 6.45) is 0. The summed E-state index contributed by atoms with van der Waals surface area (Å²) >= 11 is 5.81. The number of aromatic nitrogens is 1. The Kier molecular flexibility index (Phi) is 6.55. The highest BCUT2D eigenvalue weighted by Gasteiger charge is 2.09. The first-order valence-corrected chi connectivity index (χ1v) is 6.63. The summed E-state index contributed by atoms with van der Waals surface area (Å²) in [5, 5.41) is 3.07. The summed E-state index contributed by atoms with van der Waals surface area (Å²) < 4.78 is 0. The maximum Gasteiger partial charge on any atom is 0.251 e. The number of amides is 1. The molecular weight excluding hydrogens is 266 g/mol. The van der Waals surface area contributed by atoms with Gasteiger partial charge in [0.1, 0.15) is 11.0 Å². The first-order valence-electron chi connectivity index (χ1n) is 6.25. The van der Waals surface area contributed by atoms with Gasteiger partial charge in [-0.05, 0) is 25.2 Å². The first kappa shape index (κ1) is 15.7. The van der Waals surface area contributed by atoms with Crippen LogP contribution in [-0.2, 0) is 0 Å². The van der Waals surface area contributed by atoms with E-state index in [1.54, 1.807) is 6.07 Å². The van der Waals surface area contributed by atoms with Crippen LogP contribution >= 0.6 is 11.6 Å². The van der Waals surface area contributed by atoms with E-state index in [1.165, 1.54) is 6.07 Å². The second-order valence-electron chi connectivity index (χ2n) is 3.99. The Morgan fingerprint density at radius 1 is 1.42 bits per heavy atom. The molecule has 0 aromatic carbocycles. The number of halogens is 1. The Balaban J connectivity index is 2.56. The van der Waals surface area contributed by atoms with Crippen LogP contribution in [0.15, 0.2) is 12.1 Å². The Morgan fingerprint density at radius 2 is 2.11 bits per heavy atom. The summed E-state index contributed by atoms with van der Waals surface area (Å²) in [7, 11) is 0. The maximum atomic E-state index is 11.9. The lowest BCUT2D eigenvalue weighted by atomic mass is 10.2. The standard InChI is InChI=1S/C12H20ClN5O/c1-3-18(4-2)6-5-15-12(19)9-7-10(13)16-11(8-9)17-14/h7-8H,3-6,14H2,1-2H3,(H,15,19)(H,16,17). The van der Waals surface area contributed by atoms with E-state index in [2.05, 4.69) is 34.5 Å². The SMILES string of the molecule is CCN(CC)CCNC(=O)c1cc(Cl)nc(NN)c1. The van der Waals surface area contributed by atoms with Gasteiger partial charge in [-0.15, -0.1) is 0 Å². The second-order valence-corrected chi connectivity index (χ2v) is 4.38. The van der Waals surface area contributed by atoms with Crippen molar-refractivity contribution in [3.05, 3.63) is 22.8 Å².